The van der Waals surface area contributed by atoms with E-state index in [1.54, 1.807) is 0 Å². The van der Waals surface area contributed by atoms with Gasteiger partial charge >= 0.3 is 0 Å². The standard InChI is InChI=1S/C6H10FIO2/c7-1-6(2-8)3-9-5-10-4-6/h1-5H2. The van der Waals surface area contributed by atoms with Crippen molar-refractivity contribution in [2.75, 3.05) is 31.1 Å². The number of alkyl halides is 2. The predicted octanol–water partition coefficient (Wildman–Crippen LogP) is 1.38. The molecule has 0 aliphatic carbocycles. The second-order valence-electron chi connectivity index (χ2n) is 2.58. The van der Waals surface area contributed by atoms with Gasteiger partial charge in [-0.3, -0.25) is 4.39 Å². The average molecular weight is 260 g/mol. The SMILES string of the molecule is FCC1(CI)COCOC1. The van der Waals surface area contributed by atoms with E-state index >= 15 is 0 Å². The van der Waals surface area contributed by atoms with E-state index in [9.17, 15) is 4.39 Å². The lowest BCUT2D eigenvalue weighted by molar-refractivity contribution is -0.160. The molecule has 0 atom stereocenters. The average Bonchev–Trinajstić information content (AvgIpc) is 2.06. The molecule has 1 fully saturated rings. The summed E-state index contributed by atoms with van der Waals surface area (Å²) in [5.41, 5.74) is -0.362. The second kappa shape index (κ2) is 3.82. The van der Waals surface area contributed by atoms with Crippen LogP contribution in [0.5, 0.6) is 0 Å². The van der Waals surface area contributed by atoms with Gasteiger partial charge in [0.25, 0.3) is 0 Å². The number of halogens is 2. The van der Waals surface area contributed by atoms with Gasteiger partial charge in [-0.05, 0) is 0 Å². The summed E-state index contributed by atoms with van der Waals surface area (Å²) in [4.78, 5) is 0. The van der Waals surface area contributed by atoms with Crippen molar-refractivity contribution in [2.24, 2.45) is 5.41 Å². The van der Waals surface area contributed by atoms with E-state index in [0.717, 1.165) is 4.43 Å². The molecule has 0 amide bonds. The highest BCUT2D eigenvalue weighted by molar-refractivity contribution is 14.1. The lowest BCUT2D eigenvalue weighted by Gasteiger charge is -2.32. The van der Waals surface area contributed by atoms with E-state index in [1.165, 1.54) is 0 Å². The summed E-state index contributed by atoms with van der Waals surface area (Å²) in [5.74, 6) is 0. The van der Waals surface area contributed by atoms with Crippen LogP contribution in [0.3, 0.4) is 0 Å². The summed E-state index contributed by atoms with van der Waals surface area (Å²) in [6, 6.07) is 0. The molecule has 10 heavy (non-hydrogen) atoms. The third kappa shape index (κ3) is 1.79. The number of ether oxygens (including phenoxy) is 2. The van der Waals surface area contributed by atoms with Crippen molar-refractivity contribution >= 4 is 22.6 Å². The molecule has 0 radical (unpaired) electrons. The molecule has 1 aliphatic heterocycles. The molecule has 0 bridgehead atoms. The fraction of sp³-hybridized carbons (Fsp3) is 1.00. The normalized spacial score (nSPS) is 24.6. The number of rotatable bonds is 2. The second-order valence-corrected chi connectivity index (χ2v) is 3.34. The van der Waals surface area contributed by atoms with Gasteiger partial charge in [0.2, 0.25) is 0 Å². The van der Waals surface area contributed by atoms with Crippen LogP contribution in [-0.2, 0) is 9.47 Å². The molecule has 0 aromatic heterocycles. The first-order chi connectivity index (χ1) is 4.83. The van der Waals surface area contributed by atoms with Gasteiger partial charge in [0, 0.05) is 4.43 Å². The van der Waals surface area contributed by atoms with Gasteiger partial charge in [0.15, 0.2) is 0 Å². The fourth-order valence-electron chi connectivity index (χ4n) is 0.807. The minimum Gasteiger partial charge on any atom is -0.355 e. The van der Waals surface area contributed by atoms with E-state index in [-0.39, 0.29) is 12.1 Å². The molecule has 4 heteroatoms. The molecule has 0 N–H and O–H groups in total. The molecular weight excluding hydrogens is 250 g/mol. The molecule has 0 aromatic rings. The van der Waals surface area contributed by atoms with Gasteiger partial charge in [-0.1, -0.05) is 22.6 Å². The first-order valence-electron chi connectivity index (χ1n) is 3.10. The van der Waals surface area contributed by atoms with Gasteiger partial charge in [0.05, 0.1) is 18.6 Å². The molecule has 0 unspecified atom stereocenters. The maximum Gasteiger partial charge on any atom is 0.146 e. The van der Waals surface area contributed by atoms with E-state index in [1.807, 2.05) is 0 Å². The zero-order valence-electron chi connectivity index (χ0n) is 5.61. The van der Waals surface area contributed by atoms with Crippen LogP contribution >= 0.6 is 22.6 Å². The summed E-state index contributed by atoms with van der Waals surface area (Å²) in [7, 11) is 0. The Bertz CT molecular complexity index is 97.9. The molecular formula is C6H10FIO2. The van der Waals surface area contributed by atoms with Gasteiger partial charge in [-0.15, -0.1) is 0 Å². The van der Waals surface area contributed by atoms with Crippen LogP contribution < -0.4 is 0 Å². The van der Waals surface area contributed by atoms with Crippen LogP contribution in [0.2, 0.25) is 0 Å². The maximum absolute atomic E-state index is 12.4. The molecule has 1 aliphatic rings. The van der Waals surface area contributed by atoms with Gasteiger partial charge in [0.1, 0.15) is 13.5 Å². The lowest BCUT2D eigenvalue weighted by Crippen LogP contribution is -2.40. The minimum absolute atomic E-state index is 0.318. The molecule has 0 spiro atoms. The van der Waals surface area contributed by atoms with E-state index in [4.69, 9.17) is 9.47 Å². The zero-order valence-corrected chi connectivity index (χ0v) is 7.77. The van der Waals surface area contributed by atoms with Gasteiger partial charge in [-0.25, -0.2) is 0 Å². The highest BCUT2D eigenvalue weighted by Gasteiger charge is 2.32. The van der Waals surface area contributed by atoms with Crippen molar-refractivity contribution < 1.29 is 13.9 Å². The highest BCUT2D eigenvalue weighted by atomic mass is 127. The summed E-state index contributed by atoms with van der Waals surface area (Å²) >= 11 is 2.16. The van der Waals surface area contributed by atoms with Crippen LogP contribution in [0.15, 0.2) is 0 Å². The summed E-state index contributed by atoms with van der Waals surface area (Å²) in [6.45, 7) is 0.952. The van der Waals surface area contributed by atoms with Crippen LogP contribution in [-0.4, -0.2) is 31.1 Å². The molecule has 0 aromatic carbocycles. The molecule has 60 valence electrons. The van der Waals surface area contributed by atoms with Crippen LogP contribution in [0.25, 0.3) is 0 Å². The Morgan fingerprint density at radius 2 is 2.00 bits per heavy atom. The van der Waals surface area contributed by atoms with E-state index < -0.39 is 0 Å². The first-order valence-corrected chi connectivity index (χ1v) is 4.63. The molecule has 2 nitrogen and oxygen atoms in total. The minimum atomic E-state index is -0.362. The van der Waals surface area contributed by atoms with Gasteiger partial charge < -0.3 is 9.47 Å². The van der Waals surface area contributed by atoms with Crippen LogP contribution in [0.1, 0.15) is 0 Å². The first kappa shape index (κ1) is 8.67. The molecule has 1 rings (SSSR count). The van der Waals surface area contributed by atoms with Crippen molar-refractivity contribution in [3.8, 4) is 0 Å². The quantitative estimate of drug-likeness (QED) is 0.551. The van der Waals surface area contributed by atoms with E-state index in [0.29, 0.717) is 20.0 Å². The number of hydrogen-bond acceptors (Lipinski definition) is 2. The van der Waals surface area contributed by atoms with Crippen molar-refractivity contribution in [2.45, 2.75) is 0 Å². The molecule has 1 heterocycles. The van der Waals surface area contributed by atoms with Crippen LogP contribution in [0, 0.1) is 5.41 Å². The van der Waals surface area contributed by atoms with Crippen LogP contribution in [0.4, 0.5) is 4.39 Å². The largest absolute Gasteiger partial charge is 0.355 e. The van der Waals surface area contributed by atoms with E-state index in [2.05, 4.69) is 22.6 Å². The highest BCUT2D eigenvalue weighted by Crippen LogP contribution is 2.25. The molecule has 0 saturated carbocycles. The Balaban J connectivity index is 2.44. The lowest BCUT2D eigenvalue weighted by atomic mass is 9.95. The maximum atomic E-state index is 12.4. The Labute approximate surface area is 73.2 Å². The zero-order chi connectivity index (χ0) is 7.45. The third-order valence-electron chi connectivity index (χ3n) is 1.55. The van der Waals surface area contributed by atoms with Crippen molar-refractivity contribution in [1.29, 1.82) is 0 Å². The van der Waals surface area contributed by atoms with Gasteiger partial charge in [-0.2, -0.15) is 0 Å². The topological polar surface area (TPSA) is 18.5 Å². The monoisotopic (exact) mass is 260 g/mol. The summed E-state index contributed by atoms with van der Waals surface area (Å²) in [5, 5.41) is 0. The summed E-state index contributed by atoms with van der Waals surface area (Å²) in [6.07, 6.45) is 0. The molecule has 1 saturated heterocycles. The van der Waals surface area contributed by atoms with Crippen molar-refractivity contribution in [1.82, 2.24) is 0 Å². The third-order valence-corrected chi connectivity index (χ3v) is 3.17. The Hall–Kier alpha value is 0.580. The predicted molar refractivity (Wildman–Crippen MR) is 44.1 cm³/mol. The Morgan fingerprint density at radius 1 is 1.40 bits per heavy atom. The summed E-state index contributed by atoms with van der Waals surface area (Å²) < 4.78 is 23.1. The fourth-order valence-corrected chi connectivity index (χ4v) is 1.45. The smallest absolute Gasteiger partial charge is 0.146 e. The van der Waals surface area contributed by atoms with Crippen molar-refractivity contribution in [3.05, 3.63) is 0 Å². The Kier molecular flexibility index (Phi) is 3.32. The van der Waals surface area contributed by atoms with Crippen molar-refractivity contribution in [3.63, 3.8) is 0 Å². The Morgan fingerprint density at radius 3 is 2.30 bits per heavy atom. The number of hydrogen-bond donors (Lipinski definition) is 0.